The molecule has 4 rings (SSSR count). The summed E-state index contributed by atoms with van der Waals surface area (Å²) in [4.78, 5) is 8.81. The van der Waals surface area contributed by atoms with Crippen LogP contribution < -0.4 is 11.1 Å². The second-order valence-corrected chi connectivity index (χ2v) is 7.27. The van der Waals surface area contributed by atoms with Crippen LogP contribution in [0.4, 0.5) is 24.9 Å². The summed E-state index contributed by atoms with van der Waals surface area (Å²) in [6, 6.07) is 8.94. The van der Waals surface area contributed by atoms with Gasteiger partial charge >= 0.3 is 0 Å². The van der Waals surface area contributed by atoms with Crippen LogP contribution in [0, 0.1) is 23.4 Å². The number of hydrogen-bond acceptors (Lipinski definition) is 5. The molecular formula is C21H19F3N6. The van der Waals surface area contributed by atoms with E-state index in [9.17, 15) is 13.2 Å². The van der Waals surface area contributed by atoms with Crippen LogP contribution in [-0.4, -0.2) is 26.3 Å². The van der Waals surface area contributed by atoms with E-state index < -0.39 is 17.5 Å². The van der Waals surface area contributed by atoms with Gasteiger partial charge in [0.2, 0.25) is 5.95 Å². The van der Waals surface area contributed by atoms with Crippen LogP contribution in [-0.2, 0) is 0 Å². The number of aromatic nitrogens is 4. The fourth-order valence-electron chi connectivity index (χ4n) is 3.07. The molecule has 2 aromatic heterocycles. The second kappa shape index (κ2) is 7.66. The first-order valence-electron chi connectivity index (χ1n) is 9.35. The smallest absolute Gasteiger partial charge is 0.225 e. The molecule has 3 N–H and O–H groups in total. The SMILES string of the molecule is CC(C)CNc1nc(-c2ccc(F)cc2F)c2c(N)n(-c3cccc(F)c3)nc2n1. The lowest BCUT2D eigenvalue weighted by atomic mass is 10.1. The molecule has 0 saturated carbocycles. The fourth-order valence-corrected chi connectivity index (χ4v) is 3.07. The van der Waals surface area contributed by atoms with E-state index in [0.29, 0.717) is 23.5 Å². The van der Waals surface area contributed by atoms with E-state index in [1.54, 1.807) is 6.07 Å². The molecule has 0 fully saturated rings. The molecule has 9 heteroatoms. The molecule has 0 unspecified atom stereocenters. The average Bonchev–Trinajstić information content (AvgIpc) is 3.02. The fraction of sp³-hybridized carbons (Fsp3) is 0.190. The topological polar surface area (TPSA) is 81.6 Å². The molecule has 0 amide bonds. The van der Waals surface area contributed by atoms with Crippen molar-refractivity contribution in [2.45, 2.75) is 13.8 Å². The summed E-state index contributed by atoms with van der Waals surface area (Å²) in [6.45, 7) is 4.61. The second-order valence-electron chi connectivity index (χ2n) is 7.27. The zero-order valence-electron chi connectivity index (χ0n) is 16.3. The Morgan fingerprint density at radius 2 is 1.80 bits per heavy atom. The molecule has 6 nitrogen and oxygen atoms in total. The highest BCUT2D eigenvalue weighted by Gasteiger charge is 2.21. The van der Waals surface area contributed by atoms with Gasteiger partial charge in [0, 0.05) is 18.2 Å². The number of nitrogens with zero attached hydrogens (tertiary/aromatic N) is 4. The van der Waals surface area contributed by atoms with Gasteiger partial charge in [-0.15, -0.1) is 5.10 Å². The molecule has 0 atom stereocenters. The largest absolute Gasteiger partial charge is 0.383 e. The van der Waals surface area contributed by atoms with Gasteiger partial charge in [0.25, 0.3) is 0 Å². The first-order valence-corrected chi connectivity index (χ1v) is 9.35. The third kappa shape index (κ3) is 3.66. The highest BCUT2D eigenvalue weighted by molar-refractivity contribution is 5.99. The number of benzene rings is 2. The third-order valence-electron chi connectivity index (χ3n) is 4.48. The van der Waals surface area contributed by atoms with Crippen LogP contribution in [0.3, 0.4) is 0 Å². The van der Waals surface area contributed by atoms with Crippen LogP contribution in [0.2, 0.25) is 0 Å². The minimum atomic E-state index is -0.789. The Kier molecular flexibility index (Phi) is 5.03. The van der Waals surface area contributed by atoms with Crippen LogP contribution in [0.1, 0.15) is 13.8 Å². The first kappa shape index (κ1) is 19.7. The molecule has 0 spiro atoms. The summed E-state index contributed by atoms with van der Waals surface area (Å²) < 4.78 is 43.1. The lowest BCUT2D eigenvalue weighted by Crippen LogP contribution is -2.11. The Morgan fingerprint density at radius 3 is 2.50 bits per heavy atom. The van der Waals surface area contributed by atoms with Crippen molar-refractivity contribution in [3.8, 4) is 16.9 Å². The average molecular weight is 412 g/mol. The van der Waals surface area contributed by atoms with Crippen LogP contribution in [0.25, 0.3) is 28.0 Å². The molecule has 30 heavy (non-hydrogen) atoms. The number of hydrogen-bond donors (Lipinski definition) is 2. The lowest BCUT2D eigenvalue weighted by Gasteiger charge is -2.10. The summed E-state index contributed by atoms with van der Waals surface area (Å²) in [5.74, 6) is -1.29. The zero-order valence-corrected chi connectivity index (χ0v) is 16.3. The maximum Gasteiger partial charge on any atom is 0.225 e. The van der Waals surface area contributed by atoms with Crippen molar-refractivity contribution in [3.63, 3.8) is 0 Å². The van der Waals surface area contributed by atoms with Crippen molar-refractivity contribution in [1.82, 2.24) is 19.7 Å². The molecule has 0 saturated heterocycles. The van der Waals surface area contributed by atoms with Crippen molar-refractivity contribution in [2.24, 2.45) is 5.92 Å². The van der Waals surface area contributed by atoms with Gasteiger partial charge in [-0.3, -0.25) is 0 Å². The molecule has 0 radical (unpaired) electrons. The number of nitrogens with one attached hydrogen (secondary N) is 1. The molecule has 0 aliphatic rings. The quantitative estimate of drug-likeness (QED) is 0.503. The summed E-state index contributed by atoms with van der Waals surface area (Å²) in [5, 5.41) is 7.76. The predicted octanol–water partition coefficient (Wildman–Crippen LogP) is 4.55. The van der Waals surface area contributed by atoms with E-state index in [1.165, 1.54) is 28.9 Å². The number of nitrogen functional groups attached to an aromatic ring is 1. The van der Waals surface area contributed by atoms with Crippen molar-refractivity contribution >= 4 is 22.8 Å². The normalized spacial score (nSPS) is 11.4. The van der Waals surface area contributed by atoms with E-state index in [-0.39, 0.29) is 28.7 Å². The monoisotopic (exact) mass is 412 g/mol. The number of halogens is 3. The van der Waals surface area contributed by atoms with Crippen LogP contribution >= 0.6 is 0 Å². The molecule has 4 aromatic rings. The lowest BCUT2D eigenvalue weighted by molar-refractivity contribution is 0.585. The Balaban J connectivity index is 1.97. The molecule has 0 aliphatic carbocycles. The van der Waals surface area contributed by atoms with Gasteiger partial charge < -0.3 is 11.1 Å². The molecule has 0 bridgehead atoms. The van der Waals surface area contributed by atoms with Gasteiger partial charge in [0.1, 0.15) is 23.3 Å². The van der Waals surface area contributed by atoms with E-state index >= 15 is 0 Å². The van der Waals surface area contributed by atoms with Gasteiger partial charge in [0.05, 0.1) is 16.8 Å². The molecule has 0 aliphatic heterocycles. The molecular weight excluding hydrogens is 393 g/mol. The molecule has 2 aromatic carbocycles. The number of rotatable bonds is 5. The zero-order chi connectivity index (χ0) is 21.4. The van der Waals surface area contributed by atoms with Gasteiger partial charge in [-0.2, -0.15) is 4.98 Å². The standard InChI is InChI=1S/C21H19F3N6/c1-11(2)10-26-21-27-18(15-7-6-13(23)9-16(15)24)17-19(25)30(29-20(17)28-21)14-5-3-4-12(22)8-14/h3-9,11H,10,25H2,1-2H3,(H,26,28,29). The van der Waals surface area contributed by atoms with Gasteiger partial charge in [-0.05, 0) is 36.2 Å². The highest BCUT2D eigenvalue weighted by Crippen LogP contribution is 2.34. The summed E-state index contributed by atoms with van der Waals surface area (Å²) in [6.07, 6.45) is 0. The Bertz CT molecular complexity index is 1240. The number of nitrogens with two attached hydrogens (primary N) is 1. The predicted molar refractivity (Wildman–Crippen MR) is 110 cm³/mol. The minimum absolute atomic E-state index is 0.0573. The van der Waals surface area contributed by atoms with Crippen molar-refractivity contribution in [1.29, 1.82) is 0 Å². The highest BCUT2D eigenvalue weighted by atomic mass is 19.1. The Morgan fingerprint density at radius 1 is 1.03 bits per heavy atom. The van der Waals surface area contributed by atoms with E-state index in [2.05, 4.69) is 20.4 Å². The third-order valence-corrected chi connectivity index (χ3v) is 4.48. The molecule has 154 valence electrons. The summed E-state index contributed by atoms with van der Waals surface area (Å²) in [7, 11) is 0. The van der Waals surface area contributed by atoms with E-state index in [4.69, 9.17) is 5.73 Å². The van der Waals surface area contributed by atoms with Crippen molar-refractivity contribution in [3.05, 3.63) is 59.9 Å². The Labute approximate surface area is 170 Å². The minimum Gasteiger partial charge on any atom is -0.383 e. The number of fused-ring (bicyclic) bond motifs is 1. The summed E-state index contributed by atoms with van der Waals surface area (Å²) >= 11 is 0. The van der Waals surface area contributed by atoms with Crippen molar-refractivity contribution in [2.75, 3.05) is 17.6 Å². The van der Waals surface area contributed by atoms with Gasteiger partial charge in [-0.25, -0.2) is 22.8 Å². The molecule has 2 heterocycles. The van der Waals surface area contributed by atoms with Crippen LogP contribution in [0.5, 0.6) is 0 Å². The van der Waals surface area contributed by atoms with Crippen LogP contribution in [0.15, 0.2) is 42.5 Å². The van der Waals surface area contributed by atoms with Gasteiger partial charge in [-0.1, -0.05) is 19.9 Å². The van der Waals surface area contributed by atoms with Crippen molar-refractivity contribution < 1.29 is 13.2 Å². The first-order chi connectivity index (χ1) is 14.3. The van der Waals surface area contributed by atoms with Gasteiger partial charge in [0.15, 0.2) is 5.65 Å². The Hall–Kier alpha value is -3.62. The van der Waals surface area contributed by atoms with E-state index in [1.807, 2.05) is 13.8 Å². The maximum atomic E-state index is 14.6. The summed E-state index contributed by atoms with van der Waals surface area (Å²) in [5.41, 5.74) is 7.11. The maximum absolute atomic E-state index is 14.6. The van der Waals surface area contributed by atoms with E-state index in [0.717, 1.165) is 12.1 Å². The number of anilines is 2.